The number of para-hydroxylation sites is 1. The van der Waals surface area contributed by atoms with E-state index < -0.39 is 11.9 Å². The molecular formula is C22H19ClFN3O2. The van der Waals surface area contributed by atoms with Crippen LogP contribution >= 0.6 is 11.6 Å². The van der Waals surface area contributed by atoms with Gasteiger partial charge in [-0.3, -0.25) is 9.78 Å². The smallest absolute Gasteiger partial charge is 0.249 e. The van der Waals surface area contributed by atoms with Crippen LogP contribution in [0, 0.1) is 5.82 Å². The average molecular weight is 412 g/mol. The Morgan fingerprint density at radius 1 is 1.17 bits per heavy atom. The quantitative estimate of drug-likeness (QED) is 0.640. The summed E-state index contributed by atoms with van der Waals surface area (Å²) in [5.41, 5.74) is 1.81. The molecule has 0 radical (unpaired) electrons. The van der Waals surface area contributed by atoms with Crippen molar-refractivity contribution in [2.24, 2.45) is 0 Å². The lowest BCUT2D eigenvalue weighted by molar-refractivity contribution is -0.117. The predicted octanol–water partition coefficient (Wildman–Crippen LogP) is 4.67. The van der Waals surface area contributed by atoms with Crippen LogP contribution in [0.5, 0.6) is 5.75 Å². The summed E-state index contributed by atoms with van der Waals surface area (Å²) in [5.74, 6) is -0.0331. The number of hydrogen-bond acceptors (Lipinski definition) is 4. The van der Waals surface area contributed by atoms with Gasteiger partial charge in [0.25, 0.3) is 0 Å². The number of rotatable bonds is 6. The summed E-state index contributed by atoms with van der Waals surface area (Å²) < 4.78 is 19.7. The van der Waals surface area contributed by atoms with Crippen molar-refractivity contribution >= 4 is 28.9 Å². The van der Waals surface area contributed by atoms with Gasteiger partial charge < -0.3 is 15.0 Å². The number of nitrogens with one attached hydrogen (secondary N) is 1. The number of halogens is 2. The predicted molar refractivity (Wildman–Crippen MR) is 111 cm³/mol. The molecule has 1 fully saturated rings. The number of ether oxygens (including phenoxy) is 1. The zero-order valence-corrected chi connectivity index (χ0v) is 16.3. The zero-order valence-electron chi connectivity index (χ0n) is 15.5. The molecule has 1 aromatic heterocycles. The van der Waals surface area contributed by atoms with Gasteiger partial charge >= 0.3 is 0 Å². The molecule has 1 aliphatic heterocycles. The molecule has 0 spiro atoms. The molecule has 0 saturated carbocycles. The highest BCUT2D eigenvalue weighted by Crippen LogP contribution is 2.30. The second kappa shape index (κ2) is 8.49. The minimum atomic E-state index is -0.439. The highest BCUT2D eigenvalue weighted by molar-refractivity contribution is 6.32. The molecule has 1 N–H and O–H groups in total. The lowest BCUT2D eigenvalue weighted by Gasteiger charge is -2.18. The number of nitrogens with zero attached hydrogens (tertiary/aromatic N) is 2. The molecule has 0 bridgehead atoms. The molecule has 148 valence electrons. The van der Waals surface area contributed by atoms with Crippen LogP contribution in [0.1, 0.15) is 12.1 Å². The molecule has 1 saturated heterocycles. The number of carbonyl (C=O) groups excluding carboxylic acids is 1. The molecule has 1 amide bonds. The SMILES string of the molecule is O=C1[C@H](Nc2ccc(OCc3ccccn3)c(Cl)c2)CCN1c1ccccc1F. The number of aromatic nitrogens is 1. The molecule has 0 aliphatic carbocycles. The van der Waals surface area contributed by atoms with E-state index in [2.05, 4.69) is 10.3 Å². The Bertz CT molecular complexity index is 1020. The normalized spacial score (nSPS) is 16.1. The van der Waals surface area contributed by atoms with Crippen LogP contribution in [0.4, 0.5) is 15.8 Å². The van der Waals surface area contributed by atoms with Crippen LogP contribution in [-0.2, 0) is 11.4 Å². The van der Waals surface area contributed by atoms with E-state index in [-0.39, 0.29) is 5.91 Å². The summed E-state index contributed by atoms with van der Waals surface area (Å²) in [6, 6.07) is 16.7. The van der Waals surface area contributed by atoms with Crippen LogP contribution in [0.3, 0.4) is 0 Å². The lowest BCUT2D eigenvalue weighted by Crippen LogP contribution is -2.33. The second-order valence-electron chi connectivity index (χ2n) is 6.68. The Hall–Kier alpha value is -3.12. The summed E-state index contributed by atoms with van der Waals surface area (Å²) >= 11 is 6.33. The van der Waals surface area contributed by atoms with Crippen molar-refractivity contribution in [2.45, 2.75) is 19.1 Å². The van der Waals surface area contributed by atoms with Crippen molar-refractivity contribution in [3.8, 4) is 5.75 Å². The van der Waals surface area contributed by atoms with Crippen molar-refractivity contribution in [3.63, 3.8) is 0 Å². The Morgan fingerprint density at radius 2 is 2.00 bits per heavy atom. The summed E-state index contributed by atoms with van der Waals surface area (Å²) in [6.07, 6.45) is 2.28. The summed E-state index contributed by atoms with van der Waals surface area (Å²) in [6.45, 7) is 0.766. The van der Waals surface area contributed by atoms with Crippen LogP contribution in [-0.4, -0.2) is 23.5 Å². The molecule has 3 aromatic rings. The molecule has 1 aliphatic rings. The van der Waals surface area contributed by atoms with E-state index in [1.165, 1.54) is 11.0 Å². The van der Waals surface area contributed by atoms with E-state index in [4.69, 9.17) is 16.3 Å². The molecule has 7 heteroatoms. The Labute approximate surface area is 173 Å². The fraction of sp³-hybridized carbons (Fsp3) is 0.182. The van der Waals surface area contributed by atoms with Crippen LogP contribution in [0.2, 0.25) is 5.02 Å². The molecular weight excluding hydrogens is 393 g/mol. The van der Waals surface area contributed by atoms with E-state index in [0.29, 0.717) is 41.7 Å². The van der Waals surface area contributed by atoms with Crippen molar-refractivity contribution in [1.82, 2.24) is 4.98 Å². The highest BCUT2D eigenvalue weighted by Gasteiger charge is 2.33. The van der Waals surface area contributed by atoms with Crippen molar-refractivity contribution in [1.29, 1.82) is 0 Å². The van der Waals surface area contributed by atoms with Gasteiger partial charge in [-0.2, -0.15) is 0 Å². The molecule has 0 unspecified atom stereocenters. The van der Waals surface area contributed by atoms with Crippen LogP contribution in [0.25, 0.3) is 0 Å². The summed E-state index contributed by atoms with van der Waals surface area (Å²) in [7, 11) is 0. The Kier molecular flexibility index (Phi) is 5.62. The minimum absolute atomic E-state index is 0.165. The molecule has 29 heavy (non-hydrogen) atoms. The number of benzene rings is 2. The first kappa shape index (κ1) is 19.2. The van der Waals surface area contributed by atoms with Gasteiger partial charge in [-0.25, -0.2) is 4.39 Å². The topological polar surface area (TPSA) is 54.5 Å². The van der Waals surface area contributed by atoms with E-state index in [1.54, 1.807) is 42.6 Å². The third-order valence-corrected chi connectivity index (χ3v) is 5.02. The fourth-order valence-corrected chi connectivity index (χ4v) is 3.50. The Balaban J connectivity index is 1.40. The van der Waals surface area contributed by atoms with Gasteiger partial charge in [-0.1, -0.05) is 29.8 Å². The van der Waals surface area contributed by atoms with Crippen molar-refractivity contribution < 1.29 is 13.9 Å². The third kappa shape index (κ3) is 4.32. The lowest BCUT2D eigenvalue weighted by atomic mass is 10.2. The number of carbonyl (C=O) groups is 1. The maximum Gasteiger partial charge on any atom is 0.249 e. The second-order valence-corrected chi connectivity index (χ2v) is 7.09. The van der Waals surface area contributed by atoms with Crippen molar-refractivity contribution in [3.05, 3.63) is 83.4 Å². The van der Waals surface area contributed by atoms with Gasteiger partial charge in [0, 0.05) is 18.4 Å². The van der Waals surface area contributed by atoms with Gasteiger partial charge in [0.1, 0.15) is 24.2 Å². The van der Waals surface area contributed by atoms with Gasteiger partial charge in [0.05, 0.1) is 16.4 Å². The molecule has 2 heterocycles. The first-order valence-electron chi connectivity index (χ1n) is 9.26. The monoisotopic (exact) mass is 411 g/mol. The number of anilines is 2. The van der Waals surface area contributed by atoms with Gasteiger partial charge in [0.2, 0.25) is 5.91 Å². The first-order valence-corrected chi connectivity index (χ1v) is 9.64. The maximum atomic E-state index is 14.0. The fourth-order valence-electron chi connectivity index (χ4n) is 3.27. The number of amides is 1. The zero-order chi connectivity index (χ0) is 20.2. The summed E-state index contributed by atoms with van der Waals surface area (Å²) in [4.78, 5) is 18.4. The number of hydrogen-bond donors (Lipinski definition) is 1. The largest absolute Gasteiger partial charge is 0.486 e. The van der Waals surface area contributed by atoms with Gasteiger partial charge in [0.15, 0.2) is 0 Å². The Morgan fingerprint density at radius 3 is 2.76 bits per heavy atom. The average Bonchev–Trinajstić information content (AvgIpc) is 3.08. The molecule has 1 atom stereocenters. The first-order chi connectivity index (χ1) is 14.1. The highest BCUT2D eigenvalue weighted by atomic mass is 35.5. The maximum absolute atomic E-state index is 14.0. The third-order valence-electron chi connectivity index (χ3n) is 4.72. The molecule has 4 rings (SSSR count). The van der Waals surface area contributed by atoms with Gasteiger partial charge in [-0.05, 0) is 48.9 Å². The van der Waals surface area contributed by atoms with E-state index in [1.807, 2.05) is 18.2 Å². The minimum Gasteiger partial charge on any atom is -0.486 e. The number of pyridine rings is 1. The van der Waals surface area contributed by atoms with Gasteiger partial charge in [-0.15, -0.1) is 0 Å². The van der Waals surface area contributed by atoms with Crippen molar-refractivity contribution in [2.75, 3.05) is 16.8 Å². The summed E-state index contributed by atoms with van der Waals surface area (Å²) in [5, 5.41) is 3.62. The van der Waals surface area contributed by atoms with E-state index in [0.717, 1.165) is 5.69 Å². The van der Waals surface area contributed by atoms with E-state index in [9.17, 15) is 9.18 Å². The van der Waals surface area contributed by atoms with E-state index >= 15 is 0 Å². The van der Waals surface area contributed by atoms with Crippen LogP contribution < -0.4 is 15.0 Å². The molecule has 5 nitrogen and oxygen atoms in total. The molecule has 2 aromatic carbocycles. The van der Waals surface area contributed by atoms with Crippen LogP contribution in [0.15, 0.2) is 66.9 Å². The standard InChI is InChI=1S/C22H19ClFN3O2/c23-17-13-15(8-9-21(17)29-14-16-5-3-4-11-25-16)26-19-10-12-27(22(19)28)20-7-2-1-6-18(20)24/h1-9,11,13,19,26H,10,12,14H2/t19-/m1/s1.